The molecule has 30 heavy (non-hydrogen) atoms. The van der Waals surface area contributed by atoms with Gasteiger partial charge >= 0.3 is 0 Å². The minimum Gasteiger partial charge on any atom is -0.310 e. The lowest BCUT2D eigenvalue weighted by molar-refractivity contribution is -0.115. The molecule has 4 rings (SSSR count). The number of nitrogens with zero attached hydrogens (tertiary/aromatic N) is 4. The van der Waals surface area contributed by atoms with Crippen molar-refractivity contribution in [2.45, 2.75) is 76.4 Å². The lowest BCUT2D eigenvalue weighted by atomic mass is 9.97. The van der Waals surface area contributed by atoms with E-state index in [-0.39, 0.29) is 17.5 Å². The van der Waals surface area contributed by atoms with Gasteiger partial charge in [0, 0.05) is 23.5 Å². The molecule has 160 valence electrons. The smallest absolute Gasteiger partial charge is 0.263 e. The first-order chi connectivity index (χ1) is 14.4. The topological polar surface area (TPSA) is 81.8 Å². The highest BCUT2D eigenvalue weighted by Gasteiger charge is 2.24. The average molecular weight is 446 g/mol. The molecule has 7 nitrogen and oxygen atoms in total. The van der Waals surface area contributed by atoms with Crippen LogP contribution in [0.2, 0.25) is 0 Å². The molecule has 1 aliphatic carbocycles. The van der Waals surface area contributed by atoms with Crippen LogP contribution in [0.15, 0.2) is 22.2 Å². The molecule has 9 heteroatoms. The number of aryl methyl sites for hydroxylation is 2. The molecule has 0 aliphatic heterocycles. The fourth-order valence-corrected chi connectivity index (χ4v) is 6.13. The molecule has 0 fully saturated rings. The van der Waals surface area contributed by atoms with Crippen molar-refractivity contribution in [1.29, 1.82) is 0 Å². The fraction of sp³-hybridized carbons (Fsp3) is 0.524. The van der Waals surface area contributed by atoms with Gasteiger partial charge in [0.1, 0.15) is 10.6 Å². The molecule has 3 heterocycles. The van der Waals surface area contributed by atoms with Crippen molar-refractivity contribution < 1.29 is 4.79 Å². The second-order valence-corrected chi connectivity index (χ2v) is 10.2. The number of thiophene rings is 1. The molecular weight excluding hydrogens is 418 g/mol. The maximum Gasteiger partial charge on any atom is 0.263 e. The van der Waals surface area contributed by atoms with E-state index in [1.165, 1.54) is 28.6 Å². The van der Waals surface area contributed by atoms with E-state index in [1.54, 1.807) is 32.8 Å². The Kier molecular flexibility index (Phi) is 6.02. The largest absolute Gasteiger partial charge is 0.310 e. The zero-order valence-electron chi connectivity index (χ0n) is 17.8. The van der Waals surface area contributed by atoms with E-state index in [2.05, 4.69) is 10.4 Å². The average Bonchev–Trinajstić information content (AvgIpc) is 3.32. The highest BCUT2D eigenvalue weighted by molar-refractivity contribution is 8.00. The third kappa shape index (κ3) is 3.80. The molecule has 0 radical (unpaired) electrons. The van der Waals surface area contributed by atoms with Gasteiger partial charge in [-0.25, -0.2) is 9.67 Å². The summed E-state index contributed by atoms with van der Waals surface area (Å²) in [4.78, 5) is 33.0. The predicted octanol–water partition coefficient (Wildman–Crippen LogP) is 4.25. The number of anilines is 1. The lowest BCUT2D eigenvalue weighted by Crippen LogP contribution is -2.27. The summed E-state index contributed by atoms with van der Waals surface area (Å²) in [6, 6.07) is 1.94. The summed E-state index contributed by atoms with van der Waals surface area (Å²) in [5.41, 5.74) is 1.22. The van der Waals surface area contributed by atoms with Crippen LogP contribution in [0.5, 0.6) is 0 Å². The lowest BCUT2D eigenvalue weighted by Gasteiger charge is -2.16. The van der Waals surface area contributed by atoms with Crippen LogP contribution in [0.3, 0.4) is 0 Å². The number of rotatable bonds is 6. The van der Waals surface area contributed by atoms with Gasteiger partial charge in [0.2, 0.25) is 5.91 Å². The van der Waals surface area contributed by atoms with E-state index >= 15 is 0 Å². The van der Waals surface area contributed by atoms with Gasteiger partial charge in [0.25, 0.3) is 5.56 Å². The zero-order chi connectivity index (χ0) is 21.4. The molecule has 0 aromatic carbocycles. The summed E-state index contributed by atoms with van der Waals surface area (Å²) in [5.74, 6) is 0.537. The van der Waals surface area contributed by atoms with Crippen molar-refractivity contribution in [2.75, 3.05) is 5.32 Å². The Morgan fingerprint density at radius 2 is 2.07 bits per heavy atom. The summed E-state index contributed by atoms with van der Waals surface area (Å²) in [5, 5.41) is 8.20. The van der Waals surface area contributed by atoms with Crippen LogP contribution in [0.1, 0.15) is 57.0 Å². The van der Waals surface area contributed by atoms with Crippen LogP contribution in [-0.2, 0) is 24.2 Å². The van der Waals surface area contributed by atoms with Gasteiger partial charge in [-0.3, -0.25) is 14.2 Å². The summed E-state index contributed by atoms with van der Waals surface area (Å²) in [6.45, 7) is 8.35. The quantitative estimate of drug-likeness (QED) is 0.453. The summed E-state index contributed by atoms with van der Waals surface area (Å²) >= 11 is 2.97. The van der Waals surface area contributed by atoms with E-state index in [9.17, 15) is 9.59 Å². The van der Waals surface area contributed by atoms with Gasteiger partial charge in [-0.1, -0.05) is 11.8 Å². The molecule has 3 aromatic rings. The monoisotopic (exact) mass is 445 g/mol. The highest BCUT2D eigenvalue weighted by Crippen LogP contribution is 2.35. The Labute approximate surface area is 183 Å². The number of amides is 1. The molecule has 3 aromatic heterocycles. The van der Waals surface area contributed by atoms with E-state index in [0.29, 0.717) is 17.5 Å². The Morgan fingerprint density at radius 1 is 1.30 bits per heavy atom. The molecule has 1 atom stereocenters. The van der Waals surface area contributed by atoms with Crippen molar-refractivity contribution in [1.82, 2.24) is 19.3 Å². The van der Waals surface area contributed by atoms with Gasteiger partial charge in [0.15, 0.2) is 5.16 Å². The van der Waals surface area contributed by atoms with Gasteiger partial charge in [0.05, 0.1) is 16.8 Å². The number of nitrogens with one attached hydrogen (secondary N) is 1. The third-order valence-corrected chi connectivity index (χ3v) is 7.69. The Morgan fingerprint density at radius 3 is 2.80 bits per heavy atom. The molecule has 0 saturated heterocycles. The van der Waals surface area contributed by atoms with Gasteiger partial charge in [-0.15, -0.1) is 11.3 Å². The van der Waals surface area contributed by atoms with E-state index in [4.69, 9.17) is 4.98 Å². The molecule has 0 saturated carbocycles. The number of carbonyl (C=O) groups excluding carboxylic acids is 1. The minimum atomic E-state index is -0.405. The summed E-state index contributed by atoms with van der Waals surface area (Å²) < 4.78 is 3.48. The second kappa shape index (κ2) is 8.55. The van der Waals surface area contributed by atoms with Crippen LogP contribution in [0.25, 0.3) is 10.2 Å². The van der Waals surface area contributed by atoms with Crippen LogP contribution in [-0.4, -0.2) is 30.5 Å². The van der Waals surface area contributed by atoms with Crippen LogP contribution < -0.4 is 10.9 Å². The summed E-state index contributed by atoms with van der Waals surface area (Å²) in [7, 11) is 0. The molecule has 1 aliphatic rings. The van der Waals surface area contributed by atoms with Crippen LogP contribution >= 0.6 is 23.1 Å². The second-order valence-electron chi connectivity index (χ2n) is 7.84. The maximum atomic E-state index is 13.2. The summed E-state index contributed by atoms with van der Waals surface area (Å²) in [6.07, 6.45) is 5.98. The molecule has 0 spiro atoms. The predicted molar refractivity (Wildman–Crippen MR) is 123 cm³/mol. The molecule has 1 amide bonds. The number of carbonyl (C=O) groups is 1. The van der Waals surface area contributed by atoms with E-state index in [1.807, 2.05) is 27.7 Å². The normalized spacial score (nSPS) is 14.8. The minimum absolute atomic E-state index is 0.0230. The van der Waals surface area contributed by atoms with Gasteiger partial charge < -0.3 is 5.32 Å². The SMILES string of the molecule is CCn1c(SC(C)C(=O)Nc2ccnn2C(C)C)nc2sc3c(c2c1=O)CCCC3. The van der Waals surface area contributed by atoms with E-state index in [0.717, 1.165) is 29.5 Å². The van der Waals surface area contributed by atoms with Crippen molar-refractivity contribution in [3.05, 3.63) is 33.1 Å². The molecule has 0 bridgehead atoms. The first kappa shape index (κ1) is 21.1. The first-order valence-corrected chi connectivity index (χ1v) is 12.2. The zero-order valence-corrected chi connectivity index (χ0v) is 19.4. The standard InChI is InChI=1S/C21H27N5O2S2/c1-5-25-20(28)17-14-8-6-7-9-15(14)30-19(17)24-21(25)29-13(4)18(27)23-16-10-11-22-26(16)12(2)3/h10-13H,5-9H2,1-4H3,(H,23,27). The fourth-order valence-electron chi connectivity index (χ4n) is 3.85. The number of hydrogen-bond acceptors (Lipinski definition) is 6. The van der Waals surface area contributed by atoms with E-state index < -0.39 is 5.25 Å². The number of aromatic nitrogens is 4. The third-order valence-electron chi connectivity index (χ3n) is 5.42. The number of thioether (sulfide) groups is 1. The molecule has 1 unspecified atom stereocenters. The van der Waals surface area contributed by atoms with Gasteiger partial charge in [-0.2, -0.15) is 5.10 Å². The number of hydrogen-bond donors (Lipinski definition) is 1. The molecular formula is C21H27N5O2S2. The Hall–Kier alpha value is -2.13. The van der Waals surface area contributed by atoms with Crippen molar-refractivity contribution in [2.24, 2.45) is 0 Å². The highest BCUT2D eigenvalue weighted by atomic mass is 32.2. The Bertz CT molecular complexity index is 1140. The Balaban J connectivity index is 1.62. The molecule has 1 N–H and O–H groups in total. The van der Waals surface area contributed by atoms with Crippen LogP contribution in [0.4, 0.5) is 5.82 Å². The van der Waals surface area contributed by atoms with Crippen LogP contribution in [0, 0.1) is 0 Å². The first-order valence-electron chi connectivity index (χ1n) is 10.5. The van der Waals surface area contributed by atoms with Gasteiger partial charge in [-0.05, 0) is 58.9 Å². The number of fused-ring (bicyclic) bond motifs is 3. The van der Waals surface area contributed by atoms with Crippen molar-refractivity contribution in [3.8, 4) is 0 Å². The van der Waals surface area contributed by atoms with Crippen molar-refractivity contribution >= 4 is 45.0 Å². The van der Waals surface area contributed by atoms with Crippen molar-refractivity contribution in [3.63, 3.8) is 0 Å². The maximum absolute atomic E-state index is 13.2.